The molecule has 0 unspecified atom stereocenters. The van der Waals surface area contributed by atoms with Gasteiger partial charge < -0.3 is 14.0 Å². The lowest BCUT2D eigenvalue weighted by atomic mass is 9.99. The number of rotatable bonds is 4. The van der Waals surface area contributed by atoms with E-state index in [9.17, 15) is 9.18 Å². The van der Waals surface area contributed by atoms with Gasteiger partial charge in [0.15, 0.2) is 5.75 Å². The number of hydrogen-bond acceptors (Lipinski definition) is 3. The summed E-state index contributed by atoms with van der Waals surface area (Å²) >= 11 is 0. The molecule has 0 fully saturated rings. The van der Waals surface area contributed by atoms with Crippen LogP contribution in [0.25, 0.3) is 22.4 Å². The van der Waals surface area contributed by atoms with Gasteiger partial charge in [0, 0.05) is 6.54 Å². The Balaban J connectivity index is 1.94. The fourth-order valence-corrected chi connectivity index (χ4v) is 3.67. The molecular formula is C22H20FNO3. The zero-order valence-corrected chi connectivity index (χ0v) is 15.1. The summed E-state index contributed by atoms with van der Waals surface area (Å²) in [6, 6.07) is 16.2. The van der Waals surface area contributed by atoms with Crippen LogP contribution in [0.4, 0.5) is 9.18 Å². The maximum absolute atomic E-state index is 13.5. The van der Waals surface area contributed by atoms with Crippen LogP contribution in [-0.2, 0) is 17.7 Å². The van der Waals surface area contributed by atoms with Crippen LogP contribution in [0.15, 0.2) is 54.6 Å². The Kier molecular flexibility index (Phi) is 4.67. The van der Waals surface area contributed by atoms with Crippen molar-refractivity contribution < 1.29 is 18.7 Å². The van der Waals surface area contributed by atoms with E-state index in [4.69, 9.17) is 9.47 Å². The molecule has 3 aromatic rings. The first kappa shape index (κ1) is 17.3. The third kappa shape index (κ3) is 3.21. The summed E-state index contributed by atoms with van der Waals surface area (Å²) in [5, 5.41) is 0. The van der Waals surface area contributed by atoms with Crippen LogP contribution in [0, 0.1) is 5.82 Å². The first-order chi connectivity index (χ1) is 13.2. The van der Waals surface area contributed by atoms with E-state index in [2.05, 4.69) is 4.57 Å². The Morgan fingerprint density at radius 2 is 1.81 bits per heavy atom. The Hall–Kier alpha value is -3.08. The Bertz CT molecular complexity index is 961. The molecule has 2 aromatic carbocycles. The van der Waals surface area contributed by atoms with Gasteiger partial charge in [0.25, 0.3) is 0 Å². The van der Waals surface area contributed by atoms with E-state index in [0.29, 0.717) is 5.75 Å². The van der Waals surface area contributed by atoms with Gasteiger partial charge in [0.2, 0.25) is 0 Å². The summed E-state index contributed by atoms with van der Waals surface area (Å²) in [5.74, 6) is 0.257. The van der Waals surface area contributed by atoms with Crippen molar-refractivity contribution in [2.24, 2.45) is 0 Å². The highest BCUT2D eigenvalue weighted by Crippen LogP contribution is 2.46. The second-order valence-corrected chi connectivity index (χ2v) is 6.41. The zero-order chi connectivity index (χ0) is 18.8. The topological polar surface area (TPSA) is 40.5 Å². The number of nitrogens with zero attached hydrogens (tertiary/aromatic N) is 1. The lowest BCUT2D eigenvalue weighted by molar-refractivity contribution is 0.104. The number of hydrogen-bond donors (Lipinski definition) is 0. The minimum absolute atomic E-state index is 0.250. The van der Waals surface area contributed by atoms with Crippen molar-refractivity contribution in [1.29, 1.82) is 0 Å². The van der Waals surface area contributed by atoms with Gasteiger partial charge in [-0.05, 0) is 55.2 Å². The average Bonchev–Trinajstić information content (AvgIpc) is 3.25. The largest absolute Gasteiger partial charge is 0.513 e. The Morgan fingerprint density at radius 3 is 2.52 bits per heavy atom. The maximum atomic E-state index is 13.5. The predicted molar refractivity (Wildman–Crippen MR) is 101 cm³/mol. The summed E-state index contributed by atoms with van der Waals surface area (Å²) in [5.41, 5.74) is 4.58. The smallest absolute Gasteiger partial charge is 0.434 e. The van der Waals surface area contributed by atoms with E-state index < -0.39 is 6.16 Å². The van der Waals surface area contributed by atoms with E-state index in [0.717, 1.165) is 47.5 Å². The van der Waals surface area contributed by atoms with Crippen molar-refractivity contribution in [2.75, 3.05) is 6.61 Å². The van der Waals surface area contributed by atoms with Gasteiger partial charge in [-0.25, -0.2) is 9.18 Å². The third-order valence-corrected chi connectivity index (χ3v) is 4.74. The first-order valence-corrected chi connectivity index (χ1v) is 9.10. The van der Waals surface area contributed by atoms with Crippen LogP contribution < -0.4 is 4.74 Å². The summed E-state index contributed by atoms with van der Waals surface area (Å²) in [6.07, 6.45) is 1.08. The molecule has 5 heteroatoms. The summed E-state index contributed by atoms with van der Waals surface area (Å²) in [7, 11) is 0. The number of halogens is 1. The third-order valence-electron chi connectivity index (χ3n) is 4.74. The SMILES string of the molecule is CCOC(=O)Oc1c(-c2ccccc2)c(-c2ccc(F)cc2)n2c1CCC2. The molecule has 0 N–H and O–H groups in total. The molecular weight excluding hydrogens is 345 g/mol. The fraction of sp³-hybridized carbons (Fsp3) is 0.227. The Labute approximate surface area is 157 Å². The van der Waals surface area contributed by atoms with Crippen LogP contribution in [0.2, 0.25) is 0 Å². The molecule has 4 nitrogen and oxygen atoms in total. The van der Waals surface area contributed by atoms with E-state index in [1.54, 1.807) is 19.1 Å². The summed E-state index contributed by atoms with van der Waals surface area (Å²) < 4.78 is 26.3. The maximum Gasteiger partial charge on any atom is 0.513 e. The number of aromatic nitrogens is 1. The van der Waals surface area contributed by atoms with Crippen LogP contribution in [-0.4, -0.2) is 17.3 Å². The molecule has 4 rings (SSSR count). The van der Waals surface area contributed by atoms with Gasteiger partial charge >= 0.3 is 6.16 Å². The van der Waals surface area contributed by atoms with Crippen molar-refractivity contribution >= 4 is 6.16 Å². The molecule has 0 spiro atoms. The van der Waals surface area contributed by atoms with Crippen molar-refractivity contribution in [2.45, 2.75) is 26.3 Å². The number of carbonyl (C=O) groups is 1. The molecule has 0 radical (unpaired) electrons. The minimum atomic E-state index is -0.708. The molecule has 2 heterocycles. The molecule has 27 heavy (non-hydrogen) atoms. The molecule has 0 atom stereocenters. The molecule has 1 aromatic heterocycles. The van der Waals surface area contributed by atoms with Gasteiger partial charge in [-0.15, -0.1) is 0 Å². The van der Waals surface area contributed by atoms with Crippen molar-refractivity contribution in [3.05, 3.63) is 66.1 Å². The van der Waals surface area contributed by atoms with Gasteiger partial charge in [-0.3, -0.25) is 0 Å². The first-order valence-electron chi connectivity index (χ1n) is 9.10. The Morgan fingerprint density at radius 1 is 1.07 bits per heavy atom. The van der Waals surface area contributed by atoms with Crippen LogP contribution in [0.1, 0.15) is 19.0 Å². The standard InChI is InChI=1S/C22H20FNO3/c1-2-26-22(25)27-21-18-9-6-14-24(18)20(16-10-12-17(23)13-11-16)19(21)15-7-4-3-5-8-15/h3-5,7-8,10-13H,2,6,9,14H2,1H3. The van der Waals surface area contributed by atoms with Crippen LogP contribution >= 0.6 is 0 Å². The number of fused-ring (bicyclic) bond motifs is 1. The highest BCUT2D eigenvalue weighted by Gasteiger charge is 2.30. The van der Waals surface area contributed by atoms with Crippen molar-refractivity contribution in [3.8, 4) is 28.1 Å². The van der Waals surface area contributed by atoms with Gasteiger partial charge in [-0.2, -0.15) is 0 Å². The molecule has 0 amide bonds. The molecule has 0 saturated carbocycles. The second kappa shape index (κ2) is 7.27. The molecule has 0 saturated heterocycles. The monoisotopic (exact) mass is 365 g/mol. The fourth-order valence-electron chi connectivity index (χ4n) is 3.67. The van der Waals surface area contributed by atoms with E-state index in [-0.39, 0.29) is 12.4 Å². The van der Waals surface area contributed by atoms with Crippen molar-refractivity contribution in [1.82, 2.24) is 4.57 Å². The quantitative estimate of drug-likeness (QED) is 0.578. The van der Waals surface area contributed by atoms with E-state index in [1.165, 1.54) is 12.1 Å². The zero-order valence-electron chi connectivity index (χ0n) is 15.1. The van der Waals surface area contributed by atoms with E-state index in [1.807, 2.05) is 30.3 Å². The molecule has 1 aliphatic rings. The molecule has 1 aliphatic heterocycles. The molecule has 0 bridgehead atoms. The molecule has 0 aliphatic carbocycles. The van der Waals surface area contributed by atoms with E-state index >= 15 is 0 Å². The average molecular weight is 365 g/mol. The normalized spacial score (nSPS) is 12.7. The number of carbonyl (C=O) groups excluding carboxylic acids is 1. The second-order valence-electron chi connectivity index (χ2n) is 6.41. The highest BCUT2D eigenvalue weighted by atomic mass is 19.1. The summed E-state index contributed by atoms with van der Waals surface area (Å²) in [4.78, 5) is 12.1. The van der Waals surface area contributed by atoms with Crippen LogP contribution in [0.3, 0.4) is 0 Å². The highest BCUT2D eigenvalue weighted by molar-refractivity contribution is 5.89. The predicted octanol–water partition coefficient (Wildman–Crippen LogP) is 5.44. The van der Waals surface area contributed by atoms with Crippen LogP contribution in [0.5, 0.6) is 5.75 Å². The number of ether oxygens (including phenoxy) is 2. The van der Waals surface area contributed by atoms with Gasteiger partial charge in [0.1, 0.15) is 5.82 Å². The summed E-state index contributed by atoms with van der Waals surface area (Å²) in [6.45, 7) is 2.82. The van der Waals surface area contributed by atoms with Gasteiger partial charge in [-0.1, -0.05) is 30.3 Å². The lowest BCUT2D eigenvalue weighted by Crippen LogP contribution is -2.11. The lowest BCUT2D eigenvalue weighted by Gasteiger charge is -2.11. The minimum Gasteiger partial charge on any atom is -0.434 e. The molecule has 138 valence electrons. The van der Waals surface area contributed by atoms with Crippen molar-refractivity contribution in [3.63, 3.8) is 0 Å². The number of benzene rings is 2. The van der Waals surface area contributed by atoms with Gasteiger partial charge in [0.05, 0.1) is 23.6 Å².